The second-order valence-electron chi connectivity index (χ2n) is 3.80. The largest absolute Gasteiger partial charge is 0.374 e. The van der Waals surface area contributed by atoms with Crippen molar-refractivity contribution in [2.24, 2.45) is 0 Å². The number of hydrogen-bond donors (Lipinski definition) is 1. The van der Waals surface area contributed by atoms with Crippen LogP contribution in [0.1, 0.15) is 19.8 Å². The molecule has 1 aromatic heterocycles. The summed E-state index contributed by atoms with van der Waals surface area (Å²) in [5, 5.41) is 5.89. The number of halogens is 1. The summed E-state index contributed by atoms with van der Waals surface area (Å²) in [5.74, 6) is 0. The number of aromatic nitrogens is 1. The van der Waals surface area contributed by atoms with E-state index in [1.165, 1.54) is 16.9 Å². The molecule has 16 heavy (non-hydrogen) atoms. The number of alkyl halides is 1. The van der Waals surface area contributed by atoms with Crippen molar-refractivity contribution in [1.82, 2.24) is 4.37 Å². The minimum Gasteiger partial charge on any atom is -0.374 e. The Labute approximate surface area is 105 Å². The highest BCUT2D eigenvalue weighted by Gasteiger charge is 2.07. The molecule has 86 valence electrons. The number of anilines is 1. The van der Waals surface area contributed by atoms with Gasteiger partial charge in [0.25, 0.3) is 0 Å². The van der Waals surface area contributed by atoms with Crippen LogP contribution in [0.2, 0.25) is 0 Å². The maximum atomic E-state index is 6.17. The zero-order valence-corrected chi connectivity index (χ0v) is 10.8. The second kappa shape index (κ2) is 5.51. The zero-order valence-electron chi connectivity index (χ0n) is 9.24. The number of hydrogen-bond acceptors (Lipinski definition) is 3. The number of fused-ring (bicyclic) bond motifs is 1. The molecule has 0 aliphatic heterocycles. The van der Waals surface area contributed by atoms with Crippen molar-refractivity contribution in [2.75, 3.05) is 11.9 Å². The van der Waals surface area contributed by atoms with E-state index in [1.807, 2.05) is 18.2 Å². The summed E-state index contributed by atoms with van der Waals surface area (Å²) in [6.07, 6.45) is 2.17. The molecule has 0 fully saturated rings. The SMILES string of the molecule is CCCC(Cl)CNc1snc2ccccc12. The van der Waals surface area contributed by atoms with E-state index in [9.17, 15) is 0 Å². The summed E-state index contributed by atoms with van der Waals surface area (Å²) < 4.78 is 4.38. The van der Waals surface area contributed by atoms with Crippen molar-refractivity contribution in [3.8, 4) is 0 Å². The van der Waals surface area contributed by atoms with Gasteiger partial charge in [-0.15, -0.1) is 11.6 Å². The standard InChI is InChI=1S/C12H15ClN2S/c1-2-5-9(13)8-14-12-10-6-3-4-7-11(10)15-16-12/h3-4,6-7,9,14H,2,5,8H2,1H3. The first-order valence-electron chi connectivity index (χ1n) is 5.53. The van der Waals surface area contributed by atoms with Gasteiger partial charge in [-0.25, -0.2) is 0 Å². The predicted octanol–water partition coefficient (Wildman–Crippen LogP) is 4.12. The lowest BCUT2D eigenvalue weighted by Gasteiger charge is -2.08. The normalized spacial score (nSPS) is 12.9. The van der Waals surface area contributed by atoms with E-state index >= 15 is 0 Å². The third-order valence-corrected chi connectivity index (χ3v) is 3.68. The van der Waals surface area contributed by atoms with Crippen LogP contribution in [0.4, 0.5) is 5.00 Å². The lowest BCUT2D eigenvalue weighted by molar-refractivity contribution is 0.753. The van der Waals surface area contributed by atoms with Crippen LogP contribution in [-0.2, 0) is 0 Å². The van der Waals surface area contributed by atoms with Crippen molar-refractivity contribution in [2.45, 2.75) is 25.1 Å². The first kappa shape index (κ1) is 11.7. The van der Waals surface area contributed by atoms with Crippen LogP contribution in [0, 0.1) is 0 Å². The van der Waals surface area contributed by atoms with Crippen molar-refractivity contribution in [1.29, 1.82) is 0 Å². The molecule has 0 spiro atoms. The molecule has 0 amide bonds. The minimum atomic E-state index is 0.200. The molecule has 0 aliphatic carbocycles. The van der Waals surface area contributed by atoms with Crippen molar-refractivity contribution >= 4 is 39.0 Å². The molecule has 0 saturated heterocycles. The Balaban J connectivity index is 2.04. The van der Waals surface area contributed by atoms with E-state index < -0.39 is 0 Å². The van der Waals surface area contributed by atoms with Crippen LogP contribution in [0.25, 0.3) is 10.9 Å². The van der Waals surface area contributed by atoms with Gasteiger partial charge in [0.2, 0.25) is 0 Å². The fraction of sp³-hybridized carbons (Fsp3) is 0.417. The van der Waals surface area contributed by atoms with Gasteiger partial charge >= 0.3 is 0 Å². The van der Waals surface area contributed by atoms with Gasteiger partial charge in [0, 0.05) is 11.9 Å². The molecule has 1 unspecified atom stereocenters. The molecule has 0 aliphatic rings. The summed E-state index contributed by atoms with van der Waals surface area (Å²) in [5.41, 5.74) is 1.05. The van der Waals surface area contributed by atoms with Crippen LogP contribution in [0.15, 0.2) is 24.3 Å². The molecular weight excluding hydrogens is 240 g/mol. The van der Waals surface area contributed by atoms with Crippen LogP contribution in [0.5, 0.6) is 0 Å². The van der Waals surface area contributed by atoms with E-state index in [2.05, 4.69) is 22.7 Å². The third kappa shape index (κ3) is 2.66. The van der Waals surface area contributed by atoms with Crippen LogP contribution in [0.3, 0.4) is 0 Å². The Morgan fingerprint density at radius 2 is 2.25 bits per heavy atom. The lowest BCUT2D eigenvalue weighted by atomic mass is 10.2. The first-order valence-corrected chi connectivity index (χ1v) is 6.74. The number of nitrogens with zero attached hydrogens (tertiary/aromatic N) is 1. The van der Waals surface area contributed by atoms with Crippen molar-refractivity contribution in [3.63, 3.8) is 0 Å². The summed E-state index contributed by atoms with van der Waals surface area (Å²) in [4.78, 5) is 0. The molecule has 0 bridgehead atoms. The molecule has 1 atom stereocenters. The molecule has 2 aromatic rings. The van der Waals surface area contributed by atoms with Crippen molar-refractivity contribution in [3.05, 3.63) is 24.3 Å². The lowest BCUT2D eigenvalue weighted by Crippen LogP contribution is -2.13. The van der Waals surface area contributed by atoms with E-state index in [-0.39, 0.29) is 5.38 Å². The van der Waals surface area contributed by atoms with E-state index in [0.717, 1.165) is 29.9 Å². The highest BCUT2D eigenvalue weighted by Crippen LogP contribution is 2.27. The fourth-order valence-corrected chi connectivity index (χ4v) is 2.70. The summed E-state index contributed by atoms with van der Waals surface area (Å²) in [6.45, 7) is 2.96. The maximum absolute atomic E-state index is 6.17. The molecule has 1 N–H and O–H groups in total. The van der Waals surface area contributed by atoms with Crippen molar-refractivity contribution < 1.29 is 0 Å². The molecule has 0 saturated carbocycles. The van der Waals surface area contributed by atoms with E-state index in [4.69, 9.17) is 11.6 Å². The van der Waals surface area contributed by atoms with Crippen LogP contribution >= 0.6 is 23.1 Å². The zero-order chi connectivity index (χ0) is 11.4. The smallest absolute Gasteiger partial charge is 0.117 e. The quantitative estimate of drug-likeness (QED) is 0.812. The predicted molar refractivity (Wildman–Crippen MR) is 72.7 cm³/mol. The Kier molecular flexibility index (Phi) is 4.02. The fourth-order valence-electron chi connectivity index (χ4n) is 1.64. The van der Waals surface area contributed by atoms with E-state index in [0.29, 0.717) is 0 Å². The highest BCUT2D eigenvalue weighted by atomic mass is 35.5. The molecule has 1 aromatic carbocycles. The average Bonchev–Trinajstić information content (AvgIpc) is 2.70. The Morgan fingerprint density at radius 3 is 3.06 bits per heavy atom. The molecular formula is C12H15ClN2S. The first-order chi connectivity index (χ1) is 7.81. The summed E-state index contributed by atoms with van der Waals surface area (Å²) in [6, 6.07) is 8.16. The van der Waals surface area contributed by atoms with Gasteiger partial charge in [-0.1, -0.05) is 25.5 Å². The molecule has 1 heterocycles. The maximum Gasteiger partial charge on any atom is 0.117 e. The topological polar surface area (TPSA) is 24.9 Å². The minimum absolute atomic E-state index is 0.200. The van der Waals surface area contributed by atoms with Crippen LogP contribution in [-0.4, -0.2) is 16.3 Å². The monoisotopic (exact) mass is 254 g/mol. The number of benzene rings is 1. The number of nitrogens with one attached hydrogen (secondary N) is 1. The van der Waals surface area contributed by atoms with Crippen LogP contribution < -0.4 is 5.32 Å². The van der Waals surface area contributed by atoms with Gasteiger partial charge in [-0.3, -0.25) is 0 Å². The molecule has 0 radical (unpaired) electrons. The second-order valence-corrected chi connectivity index (χ2v) is 5.19. The Bertz CT molecular complexity index is 455. The van der Waals surface area contributed by atoms with Gasteiger partial charge in [0.05, 0.1) is 10.9 Å². The Hall–Kier alpha value is -0.800. The van der Waals surface area contributed by atoms with Gasteiger partial charge in [0.1, 0.15) is 5.00 Å². The summed E-state index contributed by atoms with van der Waals surface area (Å²) in [7, 11) is 0. The Morgan fingerprint density at radius 1 is 1.44 bits per heavy atom. The third-order valence-electron chi connectivity index (χ3n) is 2.47. The molecule has 4 heteroatoms. The molecule has 2 nitrogen and oxygen atoms in total. The average molecular weight is 255 g/mol. The number of rotatable bonds is 5. The van der Waals surface area contributed by atoms with Gasteiger partial charge in [0.15, 0.2) is 0 Å². The highest BCUT2D eigenvalue weighted by molar-refractivity contribution is 7.11. The van der Waals surface area contributed by atoms with E-state index in [1.54, 1.807) is 0 Å². The summed E-state index contributed by atoms with van der Waals surface area (Å²) >= 11 is 7.67. The van der Waals surface area contributed by atoms with Gasteiger partial charge in [-0.05, 0) is 30.1 Å². The molecule has 2 rings (SSSR count). The van der Waals surface area contributed by atoms with Gasteiger partial charge in [-0.2, -0.15) is 4.37 Å². The van der Waals surface area contributed by atoms with Gasteiger partial charge < -0.3 is 5.32 Å².